The van der Waals surface area contributed by atoms with Crippen LogP contribution in [0, 0.1) is 0 Å². The number of hydrogen-bond acceptors (Lipinski definition) is 5. The van der Waals surface area contributed by atoms with Gasteiger partial charge in [-0.1, -0.05) is 35.9 Å². The van der Waals surface area contributed by atoms with Crippen molar-refractivity contribution in [3.05, 3.63) is 87.1 Å². The van der Waals surface area contributed by atoms with Gasteiger partial charge in [-0.3, -0.25) is 15.0 Å². The lowest BCUT2D eigenvalue weighted by molar-refractivity contribution is -0.117. The molecule has 2 heterocycles. The summed E-state index contributed by atoms with van der Waals surface area (Å²) in [5, 5.41) is 3.40. The van der Waals surface area contributed by atoms with E-state index < -0.39 is 17.8 Å². The van der Waals surface area contributed by atoms with E-state index in [0.29, 0.717) is 26.9 Å². The summed E-state index contributed by atoms with van der Waals surface area (Å²) >= 11 is 7.25. The largest absolute Gasteiger partial charge is 0.422 e. The molecule has 1 aromatic heterocycles. The molecule has 2 amide bonds. The molecule has 0 radical (unpaired) electrons. The molecule has 144 valence electrons. The summed E-state index contributed by atoms with van der Waals surface area (Å²) in [6.07, 6.45) is 1.48. The second-order valence-corrected chi connectivity index (χ2v) is 7.44. The fraction of sp³-hybridized carbons (Fsp3) is 0. The highest BCUT2D eigenvalue weighted by Crippen LogP contribution is 2.24. The molecular weight excluding hydrogens is 412 g/mol. The number of halogens is 1. The van der Waals surface area contributed by atoms with Gasteiger partial charge in [0.15, 0.2) is 0 Å². The molecule has 8 heteroatoms. The molecule has 0 atom stereocenters. The van der Waals surface area contributed by atoms with Gasteiger partial charge in [0.1, 0.15) is 16.2 Å². The predicted octanol–water partition coefficient (Wildman–Crippen LogP) is 4.08. The number of carbonyl (C=O) groups is 3. The van der Waals surface area contributed by atoms with Crippen LogP contribution in [0.1, 0.15) is 15.2 Å². The molecule has 0 bridgehead atoms. The Kier molecular flexibility index (Phi) is 5.16. The molecule has 1 fully saturated rings. The molecule has 0 aliphatic carbocycles. The maximum absolute atomic E-state index is 12.6. The van der Waals surface area contributed by atoms with Gasteiger partial charge >= 0.3 is 5.97 Å². The van der Waals surface area contributed by atoms with E-state index in [1.807, 2.05) is 0 Å². The van der Waals surface area contributed by atoms with Gasteiger partial charge in [0.05, 0.1) is 5.69 Å². The topological polar surface area (TPSA) is 75.7 Å². The van der Waals surface area contributed by atoms with Gasteiger partial charge in [-0.2, -0.15) is 0 Å². The molecule has 1 saturated heterocycles. The fourth-order valence-electron chi connectivity index (χ4n) is 2.71. The number of benzene rings is 2. The van der Waals surface area contributed by atoms with Crippen LogP contribution in [0.15, 0.2) is 71.6 Å². The summed E-state index contributed by atoms with van der Waals surface area (Å²) < 4.78 is 5.30. The summed E-state index contributed by atoms with van der Waals surface area (Å²) in [4.78, 5) is 37.4. The van der Waals surface area contributed by atoms with Gasteiger partial charge in [-0.05, 0) is 53.4 Å². The summed E-state index contributed by atoms with van der Waals surface area (Å²) in [5.74, 6) is -1.06. The van der Waals surface area contributed by atoms with Crippen molar-refractivity contribution in [2.24, 2.45) is 0 Å². The zero-order valence-electron chi connectivity index (χ0n) is 14.8. The Balaban J connectivity index is 1.51. The third-order valence-electron chi connectivity index (χ3n) is 4.08. The number of hydrazine groups is 1. The zero-order valence-corrected chi connectivity index (χ0v) is 16.4. The lowest BCUT2D eigenvalue weighted by atomic mass is 10.1. The van der Waals surface area contributed by atoms with Crippen LogP contribution >= 0.6 is 22.9 Å². The lowest BCUT2D eigenvalue weighted by Gasteiger charge is -2.14. The Bertz CT molecular complexity index is 1120. The van der Waals surface area contributed by atoms with Gasteiger partial charge in [0.2, 0.25) is 0 Å². The van der Waals surface area contributed by atoms with Gasteiger partial charge in [-0.15, -0.1) is 11.3 Å². The monoisotopic (exact) mass is 424 g/mol. The van der Waals surface area contributed by atoms with E-state index in [9.17, 15) is 14.4 Å². The molecule has 2 aromatic carbocycles. The molecular formula is C21H13ClN2O4S. The van der Waals surface area contributed by atoms with E-state index >= 15 is 0 Å². The highest BCUT2D eigenvalue weighted by atomic mass is 35.5. The number of nitrogens with one attached hydrogen (secondary N) is 1. The molecule has 0 spiro atoms. The van der Waals surface area contributed by atoms with Crippen LogP contribution in [0.2, 0.25) is 5.02 Å². The Morgan fingerprint density at radius 1 is 1.07 bits per heavy atom. The number of esters is 1. The van der Waals surface area contributed by atoms with Crippen LogP contribution in [0.3, 0.4) is 0 Å². The van der Waals surface area contributed by atoms with Gasteiger partial charge in [0.25, 0.3) is 11.8 Å². The molecule has 4 rings (SSSR count). The van der Waals surface area contributed by atoms with Crippen LogP contribution in [-0.2, 0) is 9.59 Å². The maximum atomic E-state index is 12.6. The number of nitrogens with zero attached hydrogens (tertiary/aromatic N) is 1. The van der Waals surface area contributed by atoms with E-state index in [4.69, 9.17) is 16.3 Å². The second-order valence-electron chi connectivity index (χ2n) is 6.06. The first kappa shape index (κ1) is 18.9. The van der Waals surface area contributed by atoms with E-state index in [1.165, 1.54) is 17.4 Å². The first-order chi connectivity index (χ1) is 14.0. The summed E-state index contributed by atoms with van der Waals surface area (Å²) in [7, 11) is 0. The van der Waals surface area contributed by atoms with E-state index in [0.717, 1.165) is 5.01 Å². The van der Waals surface area contributed by atoms with Crippen molar-refractivity contribution in [1.29, 1.82) is 0 Å². The Hall–Kier alpha value is -3.42. The first-order valence-electron chi connectivity index (χ1n) is 8.50. The number of amides is 2. The lowest BCUT2D eigenvalue weighted by Crippen LogP contribution is -2.35. The zero-order chi connectivity index (χ0) is 20.4. The van der Waals surface area contributed by atoms with Gasteiger partial charge in [-0.25, -0.2) is 9.80 Å². The normalized spacial score (nSPS) is 14.9. The van der Waals surface area contributed by atoms with Gasteiger partial charge in [0, 0.05) is 5.02 Å². The van der Waals surface area contributed by atoms with E-state index in [-0.39, 0.29) is 5.57 Å². The first-order valence-corrected chi connectivity index (χ1v) is 9.75. The van der Waals surface area contributed by atoms with Crippen molar-refractivity contribution in [2.75, 3.05) is 5.01 Å². The molecule has 1 aliphatic rings. The SMILES string of the molecule is O=C1NN(c2cccc(Cl)c2)C(=O)/C1=C\c1ccc(OC(=O)c2cccs2)cc1. The molecule has 1 N–H and O–H groups in total. The number of rotatable bonds is 4. The van der Waals surface area contributed by atoms with Crippen molar-refractivity contribution in [2.45, 2.75) is 0 Å². The number of hydrogen-bond donors (Lipinski definition) is 1. The van der Waals surface area contributed by atoms with Crippen molar-refractivity contribution >= 4 is 52.5 Å². The summed E-state index contributed by atoms with van der Waals surface area (Å²) in [6.45, 7) is 0. The second kappa shape index (κ2) is 7.90. The standard InChI is InChI=1S/C21H13ClN2O4S/c22-14-3-1-4-15(12-14)24-20(26)17(19(25)23-24)11-13-6-8-16(9-7-13)28-21(27)18-5-2-10-29-18/h1-12H,(H,23,25)/b17-11-. The smallest absolute Gasteiger partial charge is 0.353 e. The predicted molar refractivity (Wildman–Crippen MR) is 111 cm³/mol. The molecule has 0 saturated carbocycles. The Labute approximate surface area is 174 Å². The summed E-state index contributed by atoms with van der Waals surface area (Å²) in [6, 6.07) is 16.6. The highest BCUT2D eigenvalue weighted by molar-refractivity contribution is 7.12. The van der Waals surface area contributed by atoms with Gasteiger partial charge < -0.3 is 4.74 Å². The van der Waals surface area contributed by atoms with E-state index in [1.54, 1.807) is 66.0 Å². The van der Waals surface area contributed by atoms with Crippen molar-refractivity contribution < 1.29 is 19.1 Å². The van der Waals surface area contributed by atoms with Crippen LogP contribution in [-0.4, -0.2) is 17.8 Å². The third kappa shape index (κ3) is 4.06. The molecule has 29 heavy (non-hydrogen) atoms. The van der Waals surface area contributed by atoms with Crippen molar-refractivity contribution in [1.82, 2.24) is 5.43 Å². The number of thiophene rings is 1. The number of carbonyl (C=O) groups excluding carboxylic acids is 3. The van der Waals surface area contributed by atoms with Crippen molar-refractivity contribution in [3.63, 3.8) is 0 Å². The minimum absolute atomic E-state index is 0.00620. The van der Waals surface area contributed by atoms with Crippen LogP contribution in [0.4, 0.5) is 5.69 Å². The van der Waals surface area contributed by atoms with Crippen LogP contribution in [0.25, 0.3) is 6.08 Å². The minimum Gasteiger partial charge on any atom is -0.422 e. The highest BCUT2D eigenvalue weighted by Gasteiger charge is 2.34. The summed E-state index contributed by atoms with van der Waals surface area (Å²) in [5.41, 5.74) is 3.60. The molecule has 1 aliphatic heterocycles. The molecule has 3 aromatic rings. The molecule has 6 nitrogen and oxygen atoms in total. The molecule has 0 unspecified atom stereocenters. The quantitative estimate of drug-likeness (QED) is 0.296. The van der Waals surface area contributed by atoms with Crippen molar-refractivity contribution in [3.8, 4) is 5.75 Å². The average Bonchev–Trinajstić information content (AvgIpc) is 3.34. The Morgan fingerprint density at radius 3 is 2.55 bits per heavy atom. The minimum atomic E-state index is -0.511. The van der Waals surface area contributed by atoms with Crippen LogP contribution < -0.4 is 15.2 Å². The Morgan fingerprint density at radius 2 is 1.86 bits per heavy atom. The van der Waals surface area contributed by atoms with Crippen LogP contribution in [0.5, 0.6) is 5.75 Å². The fourth-order valence-corrected chi connectivity index (χ4v) is 3.49. The third-order valence-corrected chi connectivity index (χ3v) is 5.17. The average molecular weight is 425 g/mol. The number of ether oxygens (including phenoxy) is 1. The number of anilines is 1. The van der Waals surface area contributed by atoms with E-state index in [2.05, 4.69) is 5.43 Å². The maximum Gasteiger partial charge on any atom is 0.353 e.